The summed E-state index contributed by atoms with van der Waals surface area (Å²) in [7, 11) is -8.59. The van der Waals surface area contributed by atoms with Crippen molar-refractivity contribution in [2.75, 3.05) is 16.5 Å². The molecule has 0 fully saturated rings. The molecule has 0 saturated carbocycles. The van der Waals surface area contributed by atoms with E-state index in [0.29, 0.717) is 21.9 Å². The van der Waals surface area contributed by atoms with E-state index < -0.39 is 37.7 Å². The van der Waals surface area contributed by atoms with Gasteiger partial charge in [0.25, 0.3) is 0 Å². The second-order valence-corrected chi connectivity index (χ2v) is 15.0. The minimum atomic E-state index is -4.41. The third kappa shape index (κ3) is 5.91. The van der Waals surface area contributed by atoms with E-state index in [2.05, 4.69) is 10.5 Å². The van der Waals surface area contributed by atoms with Crippen molar-refractivity contribution in [3.05, 3.63) is 57.8 Å². The summed E-state index contributed by atoms with van der Waals surface area (Å²) in [5.74, 6) is -1.99. The third-order valence-corrected chi connectivity index (χ3v) is 11.1. The monoisotopic (exact) mass is 651 g/mol. The molecule has 3 heterocycles. The van der Waals surface area contributed by atoms with Gasteiger partial charge in [-0.05, 0) is 0 Å². The minimum absolute atomic E-state index is 0.0829. The summed E-state index contributed by atoms with van der Waals surface area (Å²) in [6.07, 6.45) is 3.47. The summed E-state index contributed by atoms with van der Waals surface area (Å²) in [5, 5.41) is 22.2. The molecule has 15 heteroatoms. The molecule has 0 amide bonds. The fraction of sp³-hybridized carbons (Fsp3) is 0.208. The SMILES string of the molecule is C/C([O-])=N/S(=O)(=O)CN1/C(=C/c2[se]c3ccc4ccoc4c3[n+]2CCCS(=O)(=O)[O-])Sc2ccc(C#N)cc21. The molecule has 39 heavy (non-hydrogen) atoms. The molecule has 202 valence electrons. The zero-order valence-corrected chi connectivity index (χ0v) is 24.4. The zero-order valence-electron chi connectivity index (χ0n) is 20.2. The Morgan fingerprint density at radius 1 is 1.26 bits per heavy atom. The summed E-state index contributed by atoms with van der Waals surface area (Å²) in [5.41, 5.74) is 2.25. The van der Waals surface area contributed by atoms with Crippen LogP contribution in [-0.2, 0) is 26.7 Å². The molecular weight excluding hydrogens is 631 g/mol. The molecule has 2 aromatic carbocycles. The fourth-order valence-corrected chi connectivity index (χ4v) is 9.47. The van der Waals surface area contributed by atoms with Gasteiger partial charge in [-0.25, -0.2) is 0 Å². The molecule has 1 aliphatic rings. The predicted molar refractivity (Wildman–Crippen MR) is 144 cm³/mol. The van der Waals surface area contributed by atoms with Crippen LogP contribution in [0.5, 0.6) is 0 Å². The Hall–Kier alpha value is -3.12. The normalized spacial score (nSPS) is 15.4. The average molecular weight is 651 g/mol. The molecule has 1 aliphatic heterocycles. The molecule has 2 aromatic heterocycles. The van der Waals surface area contributed by atoms with Crippen LogP contribution in [-0.4, -0.2) is 53.4 Å². The number of hydrogen-bond donors (Lipinski definition) is 0. The number of benzene rings is 2. The molecule has 0 radical (unpaired) electrons. The molecule has 4 aromatic rings. The molecule has 0 spiro atoms. The van der Waals surface area contributed by atoms with Crippen molar-refractivity contribution in [2.45, 2.75) is 24.8 Å². The number of nitriles is 1. The first-order valence-corrected chi connectivity index (χ1v) is 17.1. The van der Waals surface area contributed by atoms with Gasteiger partial charge in [0.05, 0.1) is 0 Å². The first-order valence-electron chi connectivity index (χ1n) is 11.4. The van der Waals surface area contributed by atoms with Gasteiger partial charge in [-0.2, -0.15) is 0 Å². The van der Waals surface area contributed by atoms with E-state index in [9.17, 15) is 31.8 Å². The van der Waals surface area contributed by atoms with Gasteiger partial charge >= 0.3 is 235 Å². The van der Waals surface area contributed by atoms with Crippen molar-refractivity contribution < 1.29 is 35.5 Å². The van der Waals surface area contributed by atoms with Crippen molar-refractivity contribution in [1.82, 2.24) is 0 Å². The number of anilines is 1. The first kappa shape index (κ1) is 27.4. The Labute approximate surface area is 234 Å². The van der Waals surface area contributed by atoms with Crippen LogP contribution in [0.1, 0.15) is 23.5 Å². The van der Waals surface area contributed by atoms with Crippen molar-refractivity contribution in [3.8, 4) is 6.07 Å². The van der Waals surface area contributed by atoms with Crippen LogP contribution >= 0.6 is 11.8 Å². The van der Waals surface area contributed by atoms with Gasteiger partial charge in [0.15, 0.2) is 0 Å². The third-order valence-electron chi connectivity index (χ3n) is 5.75. The number of rotatable bonds is 8. The number of nitrogens with zero attached hydrogens (tertiary/aromatic N) is 4. The van der Waals surface area contributed by atoms with E-state index in [1.807, 2.05) is 28.8 Å². The molecule has 0 unspecified atom stereocenters. The summed E-state index contributed by atoms with van der Waals surface area (Å²) < 4.78 is 71.9. The van der Waals surface area contributed by atoms with Crippen molar-refractivity contribution in [2.24, 2.45) is 4.40 Å². The summed E-state index contributed by atoms with van der Waals surface area (Å²) in [6.45, 7) is 1.28. The van der Waals surface area contributed by atoms with Crippen LogP contribution < -0.4 is 14.6 Å². The second-order valence-electron chi connectivity index (χ2n) is 8.59. The topological polar surface area (TPSA) is 171 Å². The number of fused-ring (bicyclic) bond motifs is 4. The van der Waals surface area contributed by atoms with Gasteiger partial charge in [-0.1, -0.05) is 0 Å². The van der Waals surface area contributed by atoms with Gasteiger partial charge in [0.1, 0.15) is 0 Å². The summed E-state index contributed by atoms with van der Waals surface area (Å²) in [6, 6.07) is 12.7. The second kappa shape index (κ2) is 10.5. The number of furan rings is 1. The first-order chi connectivity index (χ1) is 18.4. The number of thioether (sulfide) groups is 1. The van der Waals surface area contributed by atoms with Crippen LogP contribution in [0.25, 0.3) is 26.8 Å². The zero-order chi connectivity index (χ0) is 27.9. The van der Waals surface area contributed by atoms with E-state index in [-0.39, 0.29) is 27.5 Å². The van der Waals surface area contributed by atoms with E-state index in [1.54, 1.807) is 24.5 Å². The molecular formula is C24H19N4O7S3Se-. The number of sulfonamides is 1. The number of aryl methyl sites for hydroxylation is 1. The van der Waals surface area contributed by atoms with Crippen molar-refractivity contribution >= 4 is 84.8 Å². The van der Waals surface area contributed by atoms with Gasteiger partial charge in [0, 0.05) is 0 Å². The van der Waals surface area contributed by atoms with E-state index in [1.165, 1.54) is 16.7 Å². The molecule has 11 nitrogen and oxygen atoms in total. The number of aromatic nitrogens is 1. The van der Waals surface area contributed by atoms with Gasteiger partial charge < -0.3 is 0 Å². The summed E-state index contributed by atoms with van der Waals surface area (Å²) >= 11 is 1.04. The maximum absolute atomic E-state index is 12.7. The molecule has 0 aliphatic carbocycles. The van der Waals surface area contributed by atoms with E-state index in [4.69, 9.17) is 4.42 Å². The maximum atomic E-state index is 12.7. The summed E-state index contributed by atoms with van der Waals surface area (Å²) in [4.78, 5) is 2.22. The van der Waals surface area contributed by atoms with Crippen LogP contribution in [0, 0.1) is 11.3 Å². The Morgan fingerprint density at radius 3 is 2.77 bits per heavy atom. The van der Waals surface area contributed by atoms with Gasteiger partial charge in [0.2, 0.25) is 0 Å². The standard InChI is InChI=1S/C24H20N4O7S3Se/c1-15(29)26-37(30,31)14-28-18-11-16(13-25)3-5-19(18)36-21(28)12-22-27(8-2-10-38(32,33)34)23-20(39-22)6-4-17-7-9-35-24(17)23/h3-7,9,11-12H,2,8,10,14H2,1H3,(H-,26,29,32,33,34)/p-1. The molecule has 0 saturated heterocycles. The Morgan fingerprint density at radius 2 is 2.05 bits per heavy atom. The Kier molecular flexibility index (Phi) is 7.36. The van der Waals surface area contributed by atoms with Crippen LogP contribution in [0.2, 0.25) is 0 Å². The quantitative estimate of drug-likeness (QED) is 0.0899. The van der Waals surface area contributed by atoms with Crippen LogP contribution in [0.15, 0.2) is 61.4 Å². The van der Waals surface area contributed by atoms with Gasteiger partial charge in [-0.3, -0.25) is 0 Å². The molecule has 0 atom stereocenters. The Bertz CT molecular complexity index is 1930. The van der Waals surface area contributed by atoms with Crippen molar-refractivity contribution in [3.63, 3.8) is 0 Å². The number of hydrogen-bond acceptors (Lipinski definition) is 10. The predicted octanol–water partition coefficient (Wildman–Crippen LogP) is 1.71. The van der Waals surface area contributed by atoms with Crippen LogP contribution in [0.3, 0.4) is 0 Å². The molecule has 5 rings (SSSR count). The van der Waals surface area contributed by atoms with E-state index >= 15 is 0 Å². The van der Waals surface area contributed by atoms with Gasteiger partial charge in [-0.15, -0.1) is 0 Å². The van der Waals surface area contributed by atoms with E-state index in [0.717, 1.165) is 31.6 Å². The molecule has 0 N–H and O–H groups in total. The van der Waals surface area contributed by atoms with Crippen molar-refractivity contribution in [1.29, 1.82) is 5.26 Å². The molecule has 0 bridgehead atoms. The average Bonchev–Trinajstić information content (AvgIpc) is 3.53. The fourth-order valence-electron chi connectivity index (χ4n) is 4.25. The Balaban J connectivity index is 1.65. The van der Waals surface area contributed by atoms with Crippen LogP contribution in [0.4, 0.5) is 5.69 Å².